The molecule has 1 aromatic carbocycles. The van der Waals surface area contributed by atoms with Crippen molar-refractivity contribution < 1.29 is 4.39 Å². The molecule has 0 nitrogen and oxygen atoms in total. The molecular weight excluding hydrogens is 278 g/mol. The van der Waals surface area contributed by atoms with E-state index < -0.39 is 0 Å². The summed E-state index contributed by atoms with van der Waals surface area (Å²) in [6.07, 6.45) is 0. The minimum absolute atomic E-state index is 0.259. The first-order valence-corrected chi connectivity index (χ1v) is 6.77. The minimum atomic E-state index is -0.347. The molecule has 0 aliphatic heterocycles. The molecule has 2 aromatic rings. The fourth-order valence-electron chi connectivity index (χ4n) is 1.68. The lowest BCUT2D eigenvalue weighted by atomic mass is 10.1. The van der Waals surface area contributed by atoms with Gasteiger partial charge in [-0.05, 0) is 48.7 Å². The van der Waals surface area contributed by atoms with Crippen molar-refractivity contribution in [3.05, 3.63) is 56.0 Å². The molecule has 0 saturated carbocycles. The summed E-state index contributed by atoms with van der Waals surface area (Å²) in [5.41, 5.74) is 2.64. The highest BCUT2D eigenvalue weighted by atomic mass is 35.5. The van der Waals surface area contributed by atoms with Gasteiger partial charge in [0.05, 0.1) is 9.71 Å². The van der Waals surface area contributed by atoms with Crippen LogP contribution in [0.4, 0.5) is 4.39 Å². The van der Waals surface area contributed by atoms with Crippen molar-refractivity contribution in [1.82, 2.24) is 0 Å². The third kappa shape index (κ3) is 2.82. The van der Waals surface area contributed by atoms with Crippen LogP contribution < -0.4 is 0 Å². The molecule has 2 rings (SSSR count). The third-order valence-electron chi connectivity index (χ3n) is 2.48. The molecule has 1 aromatic heterocycles. The number of aryl methyl sites for hydroxylation is 2. The third-order valence-corrected chi connectivity index (χ3v) is 4.72. The average Bonchev–Trinajstić information content (AvgIpc) is 2.57. The van der Waals surface area contributed by atoms with Gasteiger partial charge in [-0.3, -0.25) is 0 Å². The summed E-state index contributed by atoms with van der Waals surface area (Å²) < 4.78 is 14.0. The number of thiophene rings is 1. The van der Waals surface area contributed by atoms with Crippen LogP contribution in [0.25, 0.3) is 0 Å². The maximum atomic E-state index is 13.3. The summed E-state index contributed by atoms with van der Waals surface area (Å²) in [7, 11) is 0. The number of hydrogen-bond donors (Lipinski definition) is 0. The van der Waals surface area contributed by atoms with Gasteiger partial charge in [-0.1, -0.05) is 17.7 Å². The highest BCUT2D eigenvalue weighted by Gasteiger charge is 2.16. The molecule has 0 aliphatic rings. The van der Waals surface area contributed by atoms with Crippen LogP contribution in [0.3, 0.4) is 0 Å². The van der Waals surface area contributed by atoms with E-state index >= 15 is 0 Å². The average molecular weight is 289 g/mol. The summed E-state index contributed by atoms with van der Waals surface area (Å²) >= 11 is 13.8. The van der Waals surface area contributed by atoms with Crippen LogP contribution in [0.15, 0.2) is 24.3 Å². The topological polar surface area (TPSA) is 0 Å². The van der Waals surface area contributed by atoms with Crippen molar-refractivity contribution in [2.24, 2.45) is 0 Å². The van der Waals surface area contributed by atoms with Crippen molar-refractivity contribution in [3.8, 4) is 0 Å². The molecule has 0 N–H and O–H groups in total. The van der Waals surface area contributed by atoms with E-state index in [0.717, 1.165) is 25.9 Å². The van der Waals surface area contributed by atoms with Crippen molar-refractivity contribution in [3.63, 3.8) is 0 Å². The smallest absolute Gasteiger partial charge is 0.123 e. The second-order valence-electron chi connectivity index (χ2n) is 4.03. The summed E-state index contributed by atoms with van der Waals surface area (Å²) in [5.74, 6) is -0.259. The number of halogens is 3. The molecule has 0 radical (unpaired) electrons. The van der Waals surface area contributed by atoms with Gasteiger partial charge in [0.25, 0.3) is 0 Å². The van der Waals surface area contributed by atoms with E-state index in [4.69, 9.17) is 23.2 Å². The van der Waals surface area contributed by atoms with E-state index in [-0.39, 0.29) is 11.2 Å². The molecule has 17 heavy (non-hydrogen) atoms. The predicted molar refractivity (Wildman–Crippen MR) is 72.9 cm³/mol. The predicted octanol–water partition coefficient (Wildman–Crippen LogP) is 5.49. The Kier molecular flexibility index (Phi) is 3.76. The Labute approximate surface area is 114 Å². The SMILES string of the molecule is Cc1cc(F)cc(C(Cl)c2cc(C)c(Cl)s2)c1. The van der Waals surface area contributed by atoms with E-state index in [1.54, 1.807) is 0 Å². The normalized spacial score (nSPS) is 12.8. The standard InChI is InChI=1S/C13H11Cl2FS/c1-7-3-9(6-10(16)4-7)12(14)11-5-8(2)13(15)17-11/h3-6,12H,1-2H3. The zero-order valence-electron chi connectivity index (χ0n) is 9.43. The molecule has 0 spiro atoms. The first kappa shape index (κ1) is 12.9. The molecule has 1 heterocycles. The number of alkyl halides is 1. The molecule has 0 saturated heterocycles. The Hall–Kier alpha value is -0.570. The van der Waals surface area contributed by atoms with Crippen LogP contribution in [0.5, 0.6) is 0 Å². The molecule has 90 valence electrons. The van der Waals surface area contributed by atoms with Gasteiger partial charge < -0.3 is 0 Å². The summed E-state index contributed by atoms with van der Waals surface area (Å²) in [6, 6.07) is 6.79. The molecule has 1 atom stereocenters. The first-order valence-electron chi connectivity index (χ1n) is 5.14. The van der Waals surface area contributed by atoms with Crippen LogP contribution in [-0.2, 0) is 0 Å². The van der Waals surface area contributed by atoms with Gasteiger partial charge in [-0.2, -0.15) is 0 Å². The zero-order chi connectivity index (χ0) is 12.6. The second kappa shape index (κ2) is 4.97. The van der Waals surface area contributed by atoms with E-state index in [1.165, 1.54) is 23.5 Å². The van der Waals surface area contributed by atoms with Gasteiger partial charge in [-0.25, -0.2) is 4.39 Å². The number of hydrogen-bond acceptors (Lipinski definition) is 1. The summed E-state index contributed by atoms with van der Waals surface area (Å²) in [4.78, 5) is 0.944. The quantitative estimate of drug-likeness (QED) is 0.642. The summed E-state index contributed by atoms with van der Waals surface area (Å²) in [5, 5.41) is -0.347. The molecule has 0 amide bonds. The van der Waals surface area contributed by atoms with Gasteiger partial charge in [-0.15, -0.1) is 22.9 Å². The Bertz CT molecular complexity index is 509. The van der Waals surface area contributed by atoms with Crippen LogP contribution in [0.2, 0.25) is 4.34 Å². The number of benzene rings is 1. The Morgan fingerprint density at radius 2 is 1.88 bits per heavy atom. The lowest BCUT2D eigenvalue weighted by molar-refractivity contribution is 0.624. The number of rotatable bonds is 2. The maximum Gasteiger partial charge on any atom is 0.123 e. The fraction of sp³-hybridized carbons (Fsp3) is 0.231. The van der Waals surface area contributed by atoms with E-state index in [9.17, 15) is 4.39 Å². The van der Waals surface area contributed by atoms with Crippen molar-refractivity contribution in [2.45, 2.75) is 19.2 Å². The van der Waals surface area contributed by atoms with Crippen molar-refractivity contribution in [1.29, 1.82) is 0 Å². The highest BCUT2D eigenvalue weighted by molar-refractivity contribution is 7.16. The summed E-state index contributed by atoms with van der Waals surface area (Å²) in [6.45, 7) is 3.78. The monoisotopic (exact) mass is 288 g/mol. The lowest BCUT2D eigenvalue weighted by Crippen LogP contribution is -1.92. The Balaban J connectivity index is 2.39. The highest BCUT2D eigenvalue weighted by Crippen LogP contribution is 2.38. The fourth-order valence-corrected chi connectivity index (χ4v) is 3.23. The van der Waals surface area contributed by atoms with Gasteiger partial charge in [0.2, 0.25) is 0 Å². The van der Waals surface area contributed by atoms with Gasteiger partial charge >= 0.3 is 0 Å². The van der Waals surface area contributed by atoms with E-state index in [1.807, 2.05) is 26.0 Å². The zero-order valence-corrected chi connectivity index (χ0v) is 11.8. The van der Waals surface area contributed by atoms with Crippen molar-refractivity contribution in [2.75, 3.05) is 0 Å². The lowest BCUT2D eigenvalue weighted by Gasteiger charge is -2.08. The Morgan fingerprint density at radius 1 is 1.18 bits per heavy atom. The first-order chi connectivity index (χ1) is 7.97. The second-order valence-corrected chi connectivity index (χ2v) is 6.15. The molecule has 0 fully saturated rings. The van der Waals surface area contributed by atoms with Crippen LogP contribution >= 0.6 is 34.5 Å². The molecule has 1 unspecified atom stereocenters. The van der Waals surface area contributed by atoms with Crippen LogP contribution in [0.1, 0.15) is 26.9 Å². The van der Waals surface area contributed by atoms with Crippen LogP contribution in [-0.4, -0.2) is 0 Å². The maximum absolute atomic E-state index is 13.3. The van der Waals surface area contributed by atoms with Gasteiger partial charge in [0.15, 0.2) is 0 Å². The molecule has 0 aliphatic carbocycles. The molecule has 4 heteroatoms. The van der Waals surface area contributed by atoms with Gasteiger partial charge in [0, 0.05) is 4.88 Å². The van der Waals surface area contributed by atoms with Crippen LogP contribution in [0, 0.1) is 19.7 Å². The Morgan fingerprint density at radius 3 is 2.41 bits per heavy atom. The van der Waals surface area contributed by atoms with Gasteiger partial charge in [0.1, 0.15) is 5.82 Å². The molecular formula is C13H11Cl2FS. The van der Waals surface area contributed by atoms with E-state index in [0.29, 0.717) is 0 Å². The van der Waals surface area contributed by atoms with E-state index in [2.05, 4.69) is 0 Å². The van der Waals surface area contributed by atoms with Crippen molar-refractivity contribution >= 4 is 34.5 Å². The molecule has 0 bridgehead atoms. The minimum Gasteiger partial charge on any atom is -0.207 e. The largest absolute Gasteiger partial charge is 0.207 e.